The Balaban J connectivity index is 1.87. The molecule has 1 aromatic heterocycles. The number of rotatable bonds is 3. The highest BCUT2D eigenvalue weighted by Gasteiger charge is 2.13. The summed E-state index contributed by atoms with van der Waals surface area (Å²) in [4.78, 5) is 6.71. The first-order valence-electron chi connectivity index (χ1n) is 8.47. The maximum Gasteiger partial charge on any atom is 0.135 e. The second-order valence-electron chi connectivity index (χ2n) is 6.21. The zero-order valence-corrected chi connectivity index (χ0v) is 15.0. The minimum Gasteiger partial charge on any atom is -0.395 e. The van der Waals surface area contributed by atoms with Gasteiger partial charge in [-0.05, 0) is 56.5 Å². The average Bonchev–Trinajstić information content (AvgIpc) is 2.88. The van der Waals surface area contributed by atoms with Crippen molar-refractivity contribution in [3.05, 3.63) is 71.0 Å². The van der Waals surface area contributed by atoms with Gasteiger partial charge in [0.25, 0.3) is 0 Å². The third kappa shape index (κ3) is 3.84. The molecule has 0 unspecified atom stereocenters. The lowest BCUT2D eigenvalue weighted by Gasteiger charge is -2.22. The second-order valence-corrected chi connectivity index (χ2v) is 6.21. The van der Waals surface area contributed by atoms with Crippen molar-refractivity contribution < 1.29 is 5.11 Å². The van der Waals surface area contributed by atoms with E-state index in [-0.39, 0.29) is 6.61 Å². The first-order valence-corrected chi connectivity index (χ1v) is 8.47. The molecule has 1 aliphatic heterocycles. The van der Waals surface area contributed by atoms with Gasteiger partial charge >= 0.3 is 0 Å². The van der Waals surface area contributed by atoms with Crippen LogP contribution in [0.15, 0.2) is 42.6 Å². The molecule has 1 aliphatic rings. The molecule has 0 fully saturated rings. The molecule has 0 saturated carbocycles. The number of hydrogen-bond donors (Lipinski definition) is 1. The van der Waals surface area contributed by atoms with Crippen LogP contribution in [0.2, 0.25) is 0 Å². The van der Waals surface area contributed by atoms with Crippen molar-refractivity contribution >= 4 is 5.70 Å². The molecule has 0 atom stereocenters. The van der Waals surface area contributed by atoms with Gasteiger partial charge in [-0.15, -0.1) is 0 Å². The summed E-state index contributed by atoms with van der Waals surface area (Å²) >= 11 is 0. The summed E-state index contributed by atoms with van der Waals surface area (Å²) in [6, 6.07) is 8.18. The number of hydrogen-bond acceptors (Lipinski definition) is 3. The van der Waals surface area contributed by atoms with Crippen LogP contribution >= 0.6 is 0 Å². The predicted octanol–water partition coefficient (Wildman–Crippen LogP) is 2.87. The van der Waals surface area contributed by atoms with Crippen molar-refractivity contribution in [1.29, 1.82) is 0 Å². The minimum absolute atomic E-state index is 0.162. The molecule has 25 heavy (non-hydrogen) atoms. The quantitative estimate of drug-likeness (QED) is 0.878. The van der Waals surface area contributed by atoms with Gasteiger partial charge in [0.15, 0.2) is 0 Å². The second kappa shape index (κ2) is 7.42. The molecule has 3 rings (SSSR count). The highest BCUT2D eigenvalue weighted by atomic mass is 16.3. The Morgan fingerprint density at radius 1 is 1.20 bits per heavy atom. The van der Waals surface area contributed by atoms with Crippen LogP contribution in [-0.2, 0) is 0 Å². The summed E-state index contributed by atoms with van der Waals surface area (Å²) < 4.78 is 2.13. The third-order valence-electron chi connectivity index (χ3n) is 4.26. The zero-order valence-electron chi connectivity index (χ0n) is 15.0. The van der Waals surface area contributed by atoms with Crippen LogP contribution in [0.1, 0.15) is 28.3 Å². The number of benzene rings is 1. The van der Waals surface area contributed by atoms with Gasteiger partial charge in [0.2, 0.25) is 0 Å². The summed E-state index contributed by atoms with van der Waals surface area (Å²) in [5, 5.41) is 9.04. The summed E-state index contributed by atoms with van der Waals surface area (Å²) in [5.74, 6) is 7.35. The van der Waals surface area contributed by atoms with E-state index in [1.54, 1.807) is 0 Å². The molecular formula is C21H23N3O. The maximum atomic E-state index is 9.04. The Hall–Kier alpha value is -2.77. The standard InChI is InChI=1S/C21H23N3O/c1-16-5-4-6-19(15-16)7-8-21-17(2)24(18(3)22-21)20-9-11-23(12-10-20)13-14-25/h4-6,9-11,15,25H,12-14H2,1-3H3. The Bertz CT molecular complexity index is 894. The Kier molecular flexibility index (Phi) is 5.06. The van der Waals surface area contributed by atoms with Crippen LogP contribution in [0.3, 0.4) is 0 Å². The molecule has 128 valence electrons. The number of β-amino-alcohol motifs (C(OH)–C–C–N with tert-alkyl or cyclic N) is 1. The van der Waals surface area contributed by atoms with Crippen molar-refractivity contribution in [2.75, 3.05) is 19.7 Å². The van der Waals surface area contributed by atoms with E-state index < -0.39 is 0 Å². The molecule has 1 aromatic carbocycles. The topological polar surface area (TPSA) is 41.3 Å². The molecule has 4 nitrogen and oxygen atoms in total. The van der Waals surface area contributed by atoms with Gasteiger partial charge in [0, 0.05) is 30.5 Å². The van der Waals surface area contributed by atoms with E-state index in [1.807, 2.05) is 25.3 Å². The van der Waals surface area contributed by atoms with E-state index in [0.29, 0.717) is 6.54 Å². The van der Waals surface area contributed by atoms with Crippen molar-refractivity contribution in [3.63, 3.8) is 0 Å². The van der Waals surface area contributed by atoms with Gasteiger partial charge in [-0.2, -0.15) is 0 Å². The van der Waals surface area contributed by atoms with E-state index >= 15 is 0 Å². The Morgan fingerprint density at radius 3 is 2.72 bits per heavy atom. The summed E-state index contributed by atoms with van der Waals surface area (Å²) in [7, 11) is 0. The van der Waals surface area contributed by atoms with E-state index in [4.69, 9.17) is 5.11 Å². The van der Waals surface area contributed by atoms with Gasteiger partial charge in [0.1, 0.15) is 11.5 Å². The number of aliphatic hydroxyl groups excluding tert-OH is 1. The largest absolute Gasteiger partial charge is 0.395 e. The van der Waals surface area contributed by atoms with Crippen LogP contribution < -0.4 is 0 Å². The van der Waals surface area contributed by atoms with E-state index in [9.17, 15) is 0 Å². The molecule has 4 heteroatoms. The molecule has 0 saturated heterocycles. The molecule has 2 heterocycles. The molecule has 0 amide bonds. The monoisotopic (exact) mass is 333 g/mol. The molecule has 0 spiro atoms. The van der Waals surface area contributed by atoms with Crippen LogP contribution in [0.25, 0.3) is 5.70 Å². The highest BCUT2D eigenvalue weighted by Crippen LogP contribution is 2.20. The van der Waals surface area contributed by atoms with Crippen molar-refractivity contribution in [2.45, 2.75) is 20.8 Å². The Labute approximate surface area is 149 Å². The zero-order chi connectivity index (χ0) is 17.8. The van der Waals surface area contributed by atoms with Crippen LogP contribution in [0, 0.1) is 32.6 Å². The number of aryl methyl sites for hydroxylation is 2. The van der Waals surface area contributed by atoms with Gasteiger partial charge in [-0.1, -0.05) is 18.1 Å². The maximum absolute atomic E-state index is 9.04. The third-order valence-corrected chi connectivity index (χ3v) is 4.26. The summed E-state index contributed by atoms with van der Waals surface area (Å²) in [6.07, 6.45) is 6.22. The molecule has 1 N–H and O–H groups in total. The average molecular weight is 333 g/mol. The smallest absolute Gasteiger partial charge is 0.135 e. The predicted molar refractivity (Wildman–Crippen MR) is 101 cm³/mol. The van der Waals surface area contributed by atoms with E-state index in [0.717, 1.165) is 35.0 Å². The molecule has 0 radical (unpaired) electrons. The number of nitrogens with zero attached hydrogens (tertiary/aromatic N) is 3. The van der Waals surface area contributed by atoms with Crippen LogP contribution in [0.4, 0.5) is 0 Å². The first-order chi connectivity index (χ1) is 12.1. The molecule has 0 bridgehead atoms. The van der Waals surface area contributed by atoms with Crippen molar-refractivity contribution in [3.8, 4) is 11.8 Å². The number of aliphatic hydroxyl groups is 1. The fraction of sp³-hybridized carbons (Fsp3) is 0.286. The lowest BCUT2D eigenvalue weighted by Crippen LogP contribution is -2.24. The van der Waals surface area contributed by atoms with Gasteiger partial charge in [-0.25, -0.2) is 4.98 Å². The van der Waals surface area contributed by atoms with Crippen LogP contribution in [0.5, 0.6) is 0 Å². The number of imidazole rings is 1. The van der Waals surface area contributed by atoms with Gasteiger partial charge in [0.05, 0.1) is 12.3 Å². The van der Waals surface area contributed by atoms with Gasteiger partial charge in [-0.3, -0.25) is 0 Å². The SMILES string of the molecule is Cc1cccc(C#Cc2nc(C)n(C3=CCN(CCO)C=C3)c2C)c1. The number of aromatic nitrogens is 2. The Morgan fingerprint density at radius 2 is 2.04 bits per heavy atom. The van der Waals surface area contributed by atoms with Crippen molar-refractivity contribution in [1.82, 2.24) is 14.5 Å². The lowest BCUT2D eigenvalue weighted by molar-refractivity contribution is 0.245. The first kappa shape index (κ1) is 17.1. The van der Waals surface area contributed by atoms with Crippen molar-refractivity contribution in [2.24, 2.45) is 0 Å². The van der Waals surface area contributed by atoms with Gasteiger partial charge < -0.3 is 14.6 Å². The lowest BCUT2D eigenvalue weighted by atomic mass is 10.1. The number of allylic oxidation sites excluding steroid dienone is 2. The van der Waals surface area contributed by atoms with Crippen LogP contribution in [-0.4, -0.2) is 39.3 Å². The molecule has 2 aromatic rings. The molecule has 0 aliphatic carbocycles. The highest BCUT2D eigenvalue weighted by molar-refractivity contribution is 5.61. The fourth-order valence-electron chi connectivity index (χ4n) is 2.98. The van der Waals surface area contributed by atoms with E-state index in [2.05, 4.69) is 64.4 Å². The fourth-order valence-corrected chi connectivity index (χ4v) is 2.98. The minimum atomic E-state index is 0.162. The summed E-state index contributed by atoms with van der Waals surface area (Å²) in [5.41, 5.74) is 5.16. The molecular weight excluding hydrogens is 310 g/mol. The van der Waals surface area contributed by atoms with E-state index in [1.165, 1.54) is 5.56 Å². The summed E-state index contributed by atoms with van der Waals surface area (Å²) in [6.45, 7) is 7.71. The normalized spacial score (nSPS) is 13.4.